The third kappa shape index (κ3) is 3.19. The monoisotopic (exact) mass is 287 g/mol. The van der Waals surface area contributed by atoms with E-state index in [2.05, 4.69) is 46.1 Å². The van der Waals surface area contributed by atoms with Gasteiger partial charge in [0.25, 0.3) is 0 Å². The molecule has 0 radical (unpaired) electrons. The van der Waals surface area contributed by atoms with E-state index in [4.69, 9.17) is 0 Å². The second-order valence-corrected chi connectivity index (χ2v) is 6.23. The Bertz CT molecular complexity index is 577. The van der Waals surface area contributed by atoms with Crippen molar-refractivity contribution in [2.24, 2.45) is 0 Å². The van der Waals surface area contributed by atoms with Crippen LogP contribution in [0.4, 0.5) is 5.69 Å². The summed E-state index contributed by atoms with van der Waals surface area (Å²) >= 11 is 1.76. The number of para-hydroxylation sites is 1. The maximum atomic E-state index is 4.49. The summed E-state index contributed by atoms with van der Waals surface area (Å²) in [6.45, 7) is 5.06. The van der Waals surface area contributed by atoms with Gasteiger partial charge in [-0.25, -0.2) is 4.98 Å². The lowest BCUT2D eigenvalue weighted by molar-refractivity contribution is 0.682. The van der Waals surface area contributed by atoms with Crippen molar-refractivity contribution in [2.75, 3.05) is 18.4 Å². The van der Waals surface area contributed by atoms with Crippen molar-refractivity contribution in [3.8, 4) is 0 Å². The molecule has 0 aliphatic carbocycles. The van der Waals surface area contributed by atoms with Crippen molar-refractivity contribution in [3.05, 3.63) is 45.4 Å². The van der Waals surface area contributed by atoms with Gasteiger partial charge in [-0.1, -0.05) is 18.2 Å². The number of thiazole rings is 1. The fraction of sp³-hybridized carbons (Fsp3) is 0.438. The van der Waals surface area contributed by atoms with Gasteiger partial charge in [-0.15, -0.1) is 11.3 Å². The minimum Gasteiger partial charge on any atom is -0.385 e. The molecule has 0 saturated carbocycles. The van der Waals surface area contributed by atoms with Gasteiger partial charge in [-0.3, -0.25) is 0 Å². The van der Waals surface area contributed by atoms with Crippen molar-refractivity contribution in [2.45, 2.75) is 32.7 Å². The lowest BCUT2D eigenvalue weighted by atomic mass is 9.99. The van der Waals surface area contributed by atoms with E-state index in [0.717, 1.165) is 31.7 Å². The summed E-state index contributed by atoms with van der Waals surface area (Å²) in [7, 11) is 0. The number of aromatic nitrogens is 1. The first-order valence-electron chi connectivity index (χ1n) is 7.29. The molecule has 20 heavy (non-hydrogen) atoms. The first kappa shape index (κ1) is 13.6. The van der Waals surface area contributed by atoms with Gasteiger partial charge in [0.2, 0.25) is 0 Å². The summed E-state index contributed by atoms with van der Waals surface area (Å²) in [5, 5.41) is 10.4. The Balaban J connectivity index is 1.53. The number of hydrogen-bond donors (Lipinski definition) is 2. The second-order valence-electron chi connectivity index (χ2n) is 5.29. The number of nitrogens with one attached hydrogen (secondary N) is 2. The summed E-state index contributed by atoms with van der Waals surface area (Å²) < 4.78 is 0. The minimum atomic E-state index is 0.931. The van der Waals surface area contributed by atoms with Crippen molar-refractivity contribution in [3.63, 3.8) is 0 Å². The summed E-state index contributed by atoms with van der Waals surface area (Å²) in [6.07, 6.45) is 3.46. The van der Waals surface area contributed by atoms with E-state index in [-0.39, 0.29) is 0 Å². The molecular formula is C16H21N3S. The third-order valence-corrected chi connectivity index (χ3v) is 4.69. The number of benzene rings is 1. The number of aryl methyl sites for hydroxylation is 2. The number of rotatable bonds is 5. The molecule has 2 heterocycles. The average molecular weight is 287 g/mol. The van der Waals surface area contributed by atoms with Crippen molar-refractivity contribution >= 4 is 17.0 Å². The highest BCUT2D eigenvalue weighted by Gasteiger charge is 2.11. The third-order valence-electron chi connectivity index (χ3n) is 3.66. The molecule has 3 nitrogen and oxygen atoms in total. The molecule has 2 N–H and O–H groups in total. The van der Waals surface area contributed by atoms with Crippen LogP contribution in [0.2, 0.25) is 0 Å². The highest BCUT2D eigenvalue weighted by atomic mass is 32.1. The molecule has 4 heteroatoms. The van der Waals surface area contributed by atoms with Gasteiger partial charge in [-0.2, -0.15) is 0 Å². The largest absolute Gasteiger partial charge is 0.385 e. The fourth-order valence-corrected chi connectivity index (χ4v) is 3.44. The van der Waals surface area contributed by atoms with E-state index < -0.39 is 0 Å². The molecule has 1 aromatic heterocycles. The molecule has 0 spiro atoms. The Morgan fingerprint density at radius 2 is 2.35 bits per heavy atom. The Morgan fingerprint density at radius 1 is 1.40 bits per heavy atom. The molecule has 0 unspecified atom stereocenters. The zero-order valence-electron chi connectivity index (χ0n) is 11.9. The maximum Gasteiger partial charge on any atom is 0.0940 e. The van der Waals surface area contributed by atoms with E-state index in [1.54, 1.807) is 11.3 Å². The highest BCUT2D eigenvalue weighted by Crippen LogP contribution is 2.25. The summed E-state index contributed by atoms with van der Waals surface area (Å²) in [5.74, 6) is 0. The first-order valence-corrected chi connectivity index (χ1v) is 8.17. The van der Waals surface area contributed by atoms with Gasteiger partial charge in [0, 0.05) is 42.8 Å². The SMILES string of the molecule is Cc1csc(CCNCc2cccc3c2NCCC3)n1. The minimum absolute atomic E-state index is 0.931. The van der Waals surface area contributed by atoms with Crippen LogP contribution in [0.3, 0.4) is 0 Å². The van der Waals surface area contributed by atoms with E-state index in [9.17, 15) is 0 Å². The van der Waals surface area contributed by atoms with Gasteiger partial charge >= 0.3 is 0 Å². The summed E-state index contributed by atoms with van der Waals surface area (Å²) in [6, 6.07) is 6.63. The standard InChI is InChI=1S/C16H21N3S/c1-12-11-20-15(19-12)7-9-17-10-14-5-2-4-13-6-3-8-18-16(13)14/h2,4-5,11,17-18H,3,6-10H2,1H3. The Kier molecular flexibility index (Phi) is 4.33. The van der Waals surface area contributed by atoms with E-state index in [1.165, 1.54) is 34.7 Å². The summed E-state index contributed by atoms with van der Waals surface area (Å²) in [5.41, 5.74) is 5.34. The van der Waals surface area contributed by atoms with Crippen LogP contribution in [0, 0.1) is 6.92 Å². The molecule has 1 aromatic carbocycles. The van der Waals surface area contributed by atoms with Gasteiger partial charge in [0.1, 0.15) is 0 Å². The second kappa shape index (κ2) is 6.37. The van der Waals surface area contributed by atoms with Crippen LogP contribution in [-0.4, -0.2) is 18.1 Å². The summed E-state index contributed by atoms with van der Waals surface area (Å²) in [4.78, 5) is 4.49. The fourth-order valence-electron chi connectivity index (χ4n) is 2.66. The molecule has 2 aromatic rings. The Labute approximate surface area is 124 Å². The van der Waals surface area contributed by atoms with Gasteiger partial charge in [-0.05, 0) is 30.9 Å². The normalized spacial score (nSPS) is 13.8. The molecular weight excluding hydrogens is 266 g/mol. The predicted octanol–water partition coefficient (Wildman–Crippen LogP) is 3.14. The van der Waals surface area contributed by atoms with Crippen LogP contribution in [0.15, 0.2) is 23.6 Å². The average Bonchev–Trinajstić information content (AvgIpc) is 2.89. The number of hydrogen-bond acceptors (Lipinski definition) is 4. The van der Waals surface area contributed by atoms with Gasteiger partial charge in [0.05, 0.1) is 5.01 Å². The Morgan fingerprint density at radius 3 is 3.20 bits per heavy atom. The van der Waals surface area contributed by atoms with Gasteiger partial charge in [0.15, 0.2) is 0 Å². The predicted molar refractivity (Wildman–Crippen MR) is 85.5 cm³/mol. The van der Waals surface area contributed by atoms with Gasteiger partial charge < -0.3 is 10.6 Å². The van der Waals surface area contributed by atoms with E-state index >= 15 is 0 Å². The maximum absolute atomic E-state index is 4.49. The lowest BCUT2D eigenvalue weighted by Crippen LogP contribution is -2.20. The quantitative estimate of drug-likeness (QED) is 0.830. The molecule has 3 rings (SSSR count). The molecule has 0 fully saturated rings. The van der Waals surface area contributed by atoms with Crippen LogP contribution in [-0.2, 0) is 19.4 Å². The molecule has 0 bridgehead atoms. The molecule has 0 amide bonds. The number of nitrogens with zero attached hydrogens (tertiary/aromatic N) is 1. The number of anilines is 1. The van der Waals surface area contributed by atoms with Crippen LogP contribution in [0.25, 0.3) is 0 Å². The zero-order valence-corrected chi connectivity index (χ0v) is 12.7. The number of fused-ring (bicyclic) bond motifs is 1. The molecule has 1 aliphatic heterocycles. The Hall–Kier alpha value is -1.39. The van der Waals surface area contributed by atoms with E-state index in [1.807, 2.05) is 0 Å². The lowest BCUT2D eigenvalue weighted by Gasteiger charge is -2.21. The zero-order chi connectivity index (χ0) is 13.8. The highest BCUT2D eigenvalue weighted by molar-refractivity contribution is 7.09. The van der Waals surface area contributed by atoms with Crippen LogP contribution >= 0.6 is 11.3 Å². The molecule has 106 valence electrons. The van der Waals surface area contributed by atoms with Crippen LogP contribution in [0.1, 0.15) is 28.2 Å². The van der Waals surface area contributed by atoms with Crippen molar-refractivity contribution in [1.82, 2.24) is 10.3 Å². The van der Waals surface area contributed by atoms with Crippen molar-refractivity contribution < 1.29 is 0 Å². The molecule has 1 aliphatic rings. The molecule has 0 saturated heterocycles. The van der Waals surface area contributed by atoms with Crippen LogP contribution < -0.4 is 10.6 Å². The topological polar surface area (TPSA) is 37.0 Å². The molecule has 0 atom stereocenters. The first-order chi connectivity index (χ1) is 9.83. The van der Waals surface area contributed by atoms with Crippen LogP contribution in [0.5, 0.6) is 0 Å². The van der Waals surface area contributed by atoms with E-state index in [0.29, 0.717) is 0 Å². The van der Waals surface area contributed by atoms with Crippen molar-refractivity contribution in [1.29, 1.82) is 0 Å². The smallest absolute Gasteiger partial charge is 0.0940 e.